The van der Waals surface area contributed by atoms with Crippen molar-refractivity contribution < 1.29 is 13.6 Å². The molecule has 1 heterocycles. The molecule has 19 heavy (non-hydrogen) atoms. The van der Waals surface area contributed by atoms with Crippen LogP contribution in [-0.2, 0) is 0 Å². The summed E-state index contributed by atoms with van der Waals surface area (Å²) >= 11 is 0. The Kier molecular flexibility index (Phi) is 3.70. The summed E-state index contributed by atoms with van der Waals surface area (Å²) < 4.78 is 26.2. The normalized spacial score (nSPS) is 10.1. The highest BCUT2D eigenvalue weighted by molar-refractivity contribution is 6.07. The van der Waals surface area contributed by atoms with Gasteiger partial charge in [0.2, 0.25) is 0 Å². The maximum Gasteiger partial charge on any atom is 0.259 e. The second kappa shape index (κ2) is 5.43. The molecule has 1 aromatic heterocycles. The molecule has 4 nitrogen and oxygen atoms in total. The lowest BCUT2D eigenvalue weighted by molar-refractivity contribution is 0.102. The van der Waals surface area contributed by atoms with Gasteiger partial charge < -0.3 is 10.6 Å². The minimum absolute atomic E-state index is 0.0992. The average Bonchev–Trinajstić information content (AvgIpc) is 2.41. The first-order valence-electron chi connectivity index (χ1n) is 5.51. The number of carbonyl (C=O) groups excluding carboxylic acids is 1. The fourth-order valence-corrected chi connectivity index (χ4v) is 1.60. The van der Waals surface area contributed by atoms with Crippen LogP contribution in [0.1, 0.15) is 10.4 Å². The maximum atomic E-state index is 13.5. The Morgan fingerprint density at radius 3 is 2.63 bits per heavy atom. The van der Waals surface area contributed by atoms with E-state index in [1.807, 2.05) is 0 Å². The van der Waals surface area contributed by atoms with Gasteiger partial charge in [0.15, 0.2) is 0 Å². The van der Waals surface area contributed by atoms with Crippen LogP contribution in [0.5, 0.6) is 0 Å². The van der Waals surface area contributed by atoms with Gasteiger partial charge in [-0.05, 0) is 24.3 Å². The molecule has 0 aliphatic rings. The number of nitrogens with one attached hydrogen (secondary N) is 2. The Labute approximate surface area is 108 Å². The van der Waals surface area contributed by atoms with Crippen LogP contribution < -0.4 is 10.6 Å². The number of anilines is 2. The molecular formula is C13H11F2N3O. The zero-order valence-corrected chi connectivity index (χ0v) is 10.1. The van der Waals surface area contributed by atoms with E-state index in [4.69, 9.17) is 0 Å². The number of benzene rings is 1. The largest absolute Gasteiger partial charge is 0.385 e. The van der Waals surface area contributed by atoms with E-state index in [0.29, 0.717) is 0 Å². The van der Waals surface area contributed by atoms with Gasteiger partial charge in [-0.1, -0.05) is 6.07 Å². The van der Waals surface area contributed by atoms with Gasteiger partial charge in [0.1, 0.15) is 17.5 Å². The number of amides is 1. The Balaban J connectivity index is 2.25. The molecule has 0 bridgehead atoms. The first-order chi connectivity index (χ1) is 9.11. The van der Waals surface area contributed by atoms with Crippen molar-refractivity contribution >= 4 is 17.4 Å². The summed E-state index contributed by atoms with van der Waals surface area (Å²) in [5.41, 5.74) is 0.246. The topological polar surface area (TPSA) is 54.0 Å². The highest BCUT2D eigenvalue weighted by Crippen LogP contribution is 2.20. The van der Waals surface area contributed by atoms with Crippen molar-refractivity contribution in [3.8, 4) is 0 Å². The number of halogens is 2. The van der Waals surface area contributed by atoms with E-state index >= 15 is 0 Å². The summed E-state index contributed by atoms with van der Waals surface area (Å²) in [4.78, 5) is 15.7. The molecule has 0 saturated heterocycles. The van der Waals surface area contributed by atoms with Gasteiger partial charge in [-0.3, -0.25) is 4.79 Å². The van der Waals surface area contributed by atoms with Crippen molar-refractivity contribution in [2.24, 2.45) is 0 Å². The third-order valence-corrected chi connectivity index (χ3v) is 2.48. The fraction of sp³-hybridized carbons (Fsp3) is 0.0769. The standard InChI is InChI=1S/C13H11F2N3O/c1-16-12-9(3-2-4-10(12)15)13(19)18-11-6-5-8(14)7-17-11/h2-7,16H,1H3,(H,17,18,19). The summed E-state index contributed by atoms with van der Waals surface area (Å²) in [6.07, 6.45) is 0.986. The minimum atomic E-state index is -0.526. The molecule has 0 unspecified atom stereocenters. The van der Waals surface area contributed by atoms with Crippen LogP contribution in [0.25, 0.3) is 0 Å². The number of rotatable bonds is 3. The van der Waals surface area contributed by atoms with Crippen LogP contribution in [0, 0.1) is 11.6 Å². The first kappa shape index (κ1) is 12.9. The Hall–Kier alpha value is -2.50. The first-order valence-corrected chi connectivity index (χ1v) is 5.51. The number of nitrogens with zero attached hydrogens (tertiary/aromatic N) is 1. The van der Waals surface area contributed by atoms with Crippen LogP contribution in [0.4, 0.5) is 20.3 Å². The zero-order valence-electron chi connectivity index (χ0n) is 10.1. The summed E-state index contributed by atoms with van der Waals surface area (Å²) in [6.45, 7) is 0. The molecule has 0 aliphatic carbocycles. The molecule has 0 saturated carbocycles. The SMILES string of the molecule is CNc1c(F)cccc1C(=O)Nc1ccc(F)cn1. The van der Waals surface area contributed by atoms with E-state index in [2.05, 4.69) is 15.6 Å². The number of aromatic nitrogens is 1. The van der Waals surface area contributed by atoms with Crippen molar-refractivity contribution in [3.63, 3.8) is 0 Å². The minimum Gasteiger partial charge on any atom is -0.385 e. The van der Waals surface area contributed by atoms with E-state index in [1.165, 1.54) is 37.4 Å². The predicted molar refractivity (Wildman–Crippen MR) is 68.1 cm³/mol. The average molecular weight is 263 g/mol. The molecule has 1 amide bonds. The molecule has 0 radical (unpaired) electrons. The van der Waals surface area contributed by atoms with Crippen molar-refractivity contribution in [3.05, 3.63) is 53.7 Å². The molecule has 1 aromatic carbocycles. The van der Waals surface area contributed by atoms with E-state index < -0.39 is 17.5 Å². The summed E-state index contributed by atoms with van der Waals surface area (Å²) in [5.74, 6) is -1.36. The number of carbonyl (C=O) groups is 1. The van der Waals surface area contributed by atoms with E-state index in [0.717, 1.165) is 6.20 Å². The third kappa shape index (κ3) is 2.85. The van der Waals surface area contributed by atoms with Gasteiger partial charge in [-0.15, -0.1) is 0 Å². The highest BCUT2D eigenvalue weighted by Gasteiger charge is 2.14. The van der Waals surface area contributed by atoms with Crippen molar-refractivity contribution in [1.82, 2.24) is 4.98 Å². The van der Waals surface area contributed by atoms with E-state index in [9.17, 15) is 13.6 Å². The molecule has 0 aliphatic heterocycles. The maximum absolute atomic E-state index is 13.5. The van der Waals surface area contributed by atoms with Gasteiger partial charge in [-0.25, -0.2) is 13.8 Å². The molecule has 2 N–H and O–H groups in total. The van der Waals surface area contributed by atoms with Crippen molar-refractivity contribution in [2.75, 3.05) is 17.7 Å². The molecule has 6 heteroatoms. The second-order valence-electron chi connectivity index (χ2n) is 3.73. The predicted octanol–water partition coefficient (Wildman–Crippen LogP) is 2.65. The monoisotopic (exact) mass is 263 g/mol. The van der Waals surface area contributed by atoms with E-state index in [-0.39, 0.29) is 17.1 Å². The fourth-order valence-electron chi connectivity index (χ4n) is 1.60. The quantitative estimate of drug-likeness (QED) is 0.895. The van der Waals surface area contributed by atoms with Gasteiger partial charge in [0.25, 0.3) is 5.91 Å². The molecule has 2 rings (SSSR count). The number of para-hydroxylation sites is 1. The van der Waals surface area contributed by atoms with Crippen molar-refractivity contribution in [1.29, 1.82) is 0 Å². The smallest absolute Gasteiger partial charge is 0.259 e. The lowest BCUT2D eigenvalue weighted by Crippen LogP contribution is -2.15. The van der Waals surface area contributed by atoms with Crippen LogP contribution in [0.15, 0.2) is 36.5 Å². The van der Waals surface area contributed by atoms with Crippen LogP contribution in [-0.4, -0.2) is 17.9 Å². The van der Waals surface area contributed by atoms with Gasteiger partial charge in [0.05, 0.1) is 17.4 Å². The highest BCUT2D eigenvalue weighted by atomic mass is 19.1. The van der Waals surface area contributed by atoms with E-state index in [1.54, 1.807) is 0 Å². The Morgan fingerprint density at radius 1 is 1.21 bits per heavy atom. The molecule has 0 atom stereocenters. The van der Waals surface area contributed by atoms with Gasteiger partial charge in [0, 0.05) is 7.05 Å². The van der Waals surface area contributed by atoms with Gasteiger partial charge in [-0.2, -0.15) is 0 Å². The molecule has 2 aromatic rings. The molecular weight excluding hydrogens is 252 g/mol. The zero-order chi connectivity index (χ0) is 13.8. The number of hydrogen-bond donors (Lipinski definition) is 2. The summed E-state index contributed by atoms with van der Waals surface area (Å²) in [7, 11) is 1.52. The summed E-state index contributed by atoms with van der Waals surface area (Å²) in [6, 6.07) is 6.66. The van der Waals surface area contributed by atoms with Crippen LogP contribution in [0.3, 0.4) is 0 Å². The lowest BCUT2D eigenvalue weighted by Gasteiger charge is -2.10. The number of pyridine rings is 1. The molecule has 0 fully saturated rings. The van der Waals surface area contributed by atoms with Crippen LogP contribution in [0.2, 0.25) is 0 Å². The third-order valence-electron chi connectivity index (χ3n) is 2.48. The Bertz CT molecular complexity index is 599. The molecule has 98 valence electrons. The van der Waals surface area contributed by atoms with Gasteiger partial charge >= 0.3 is 0 Å². The molecule has 0 spiro atoms. The Morgan fingerprint density at radius 2 is 2.00 bits per heavy atom. The second-order valence-corrected chi connectivity index (χ2v) is 3.73. The van der Waals surface area contributed by atoms with Crippen LogP contribution >= 0.6 is 0 Å². The van der Waals surface area contributed by atoms with Crippen molar-refractivity contribution in [2.45, 2.75) is 0 Å². The summed E-state index contributed by atoms with van der Waals surface area (Å²) in [5, 5.41) is 5.09. The lowest BCUT2D eigenvalue weighted by atomic mass is 10.1. The number of hydrogen-bond acceptors (Lipinski definition) is 3.